The molecule has 3 aromatic rings. The first-order valence-electron chi connectivity index (χ1n) is 11.6. The highest BCUT2D eigenvalue weighted by Gasteiger charge is 2.28. The highest BCUT2D eigenvalue weighted by molar-refractivity contribution is 7.92. The molecule has 3 aromatic carbocycles. The van der Waals surface area contributed by atoms with Gasteiger partial charge in [-0.3, -0.25) is 9.10 Å². The molecule has 4 rings (SSSR count). The summed E-state index contributed by atoms with van der Waals surface area (Å²) in [6.45, 7) is 2.51. The third-order valence-corrected chi connectivity index (χ3v) is 7.73. The van der Waals surface area contributed by atoms with E-state index in [1.54, 1.807) is 55.5 Å². The highest BCUT2D eigenvalue weighted by Crippen LogP contribution is 2.31. The number of hydrogen-bond donors (Lipinski definition) is 1. The number of carbonyl (C=O) groups is 2. The number of fused-ring (bicyclic) bond motifs is 1. The van der Waals surface area contributed by atoms with E-state index < -0.39 is 16.0 Å². The second-order valence-electron chi connectivity index (χ2n) is 8.30. The Balaban J connectivity index is 1.35. The van der Waals surface area contributed by atoms with Crippen molar-refractivity contribution in [2.24, 2.45) is 0 Å². The number of amides is 1. The molecule has 1 aliphatic rings. The minimum absolute atomic E-state index is 0.171. The van der Waals surface area contributed by atoms with Crippen molar-refractivity contribution in [3.63, 3.8) is 0 Å². The number of rotatable bonds is 8. The van der Waals surface area contributed by atoms with Crippen LogP contribution < -0.4 is 9.62 Å². The molecule has 0 radical (unpaired) electrons. The first kappa shape index (κ1) is 24.5. The molecule has 7 nitrogen and oxygen atoms in total. The zero-order valence-corrected chi connectivity index (χ0v) is 20.4. The molecule has 1 amide bonds. The Morgan fingerprint density at radius 2 is 1.69 bits per heavy atom. The third-order valence-electron chi connectivity index (χ3n) is 5.90. The van der Waals surface area contributed by atoms with Crippen molar-refractivity contribution < 1.29 is 22.7 Å². The van der Waals surface area contributed by atoms with Crippen molar-refractivity contribution in [2.75, 3.05) is 22.8 Å². The molecule has 0 saturated heterocycles. The Morgan fingerprint density at radius 1 is 0.971 bits per heavy atom. The van der Waals surface area contributed by atoms with Crippen LogP contribution in [0.5, 0.6) is 0 Å². The lowest BCUT2D eigenvalue weighted by molar-refractivity contribution is -0.116. The Hall–Kier alpha value is -3.65. The molecule has 0 spiro atoms. The van der Waals surface area contributed by atoms with E-state index in [1.807, 2.05) is 24.3 Å². The molecule has 0 fully saturated rings. The van der Waals surface area contributed by atoms with Crippen LogP contribution in [0.25, 0.3) is 0 Å². The summed E-state index contributed by atoms with van der Waals surface area (Å²) in [7, 11) is -3.66. The number of ether oxygens (including phenoxy) is 1. The average Bonchev–Trinajstić information content (AvgIpc) is 2.88. The average molecular weight is 493 g/mol. The van der Waals surface area contributed by atoms with E-state index in [-0.39, 0.29) is 17.2 Å². The lowest BCUT2D eigenvalue weighted by Crippen LogP contribution is -2.35. The van der Waals surface area contributed by atoms with Crippen LogP contribution >= 0.6 is 0 Å². The number of hydrogen-bond acceptors (Lipinski definition) is 5. The summed E-state index contributed by atoms with van der Waals surface area (Å²) in [5.41, 5.74) is 3.67. The Bertz CT molecular complexity index is 1300. The molecule has 0 atom stereocenters. The lowest BCUT2D eigenvalue weighted by Gasteiger charge is -2.30. The Labute approximate surface area is 205 Å². The summed E-state index contributed by atoms with van der Waals surface area (Å²) in [6.07, 6.45) is 2.37. The van der Waals surface area contributed by atoms with Gasteiger partial charge in [-0.2, -0.15) is 0 Å². The first-order chi connectivity index (χ1) is 16.9. The molecule has 1 heterocycles. The summed E-state index contributed by atoms with van der Waals surface area (Å²) in [5.74, 6) is -0.573. The Morgan fingerprint density at radius 3 is 2.40 bits per heavy atom. The quantitative estimate of drug-likeness (QED) is 0.465. The Kier molecular flexibility index (Phi) is 7.51. The summed E-state index contributed by atoms with van der Waals surface area (Å²) in [6, 6.07) is 20.8. The van der Waals surface area contributed by atoms with Gasteiger partial charge in [0.05, 0.1) is 22.8 Å². The normalized spacial score (nSPS) is 13.1. The maximum absolute atomic E-state index is 13.3. The molecule has 1 N–H and O–H groups in total. The molecule has 0 aliphatic carbocycles. The zero-order valence-electron chi connectivity index (χ0n) is 19.6. The van der Waals surface area contributed by atoms with Crippen molar-refractivity contribution in [1.29, 1.82) is 0 Å². The number of sulfonamides is 1. The van der Waals surface area contributed by atoms with Gasteiger partial charge in [0, 0.05) is 18.7 Å². The molecular formula is C27H28N2O5S. The van der Waals surface area contributed by atoms with Gasteiger partial charge in [0.1, 0.15) is 0 Å². The minimum Gasteiger partial charge on any atom is -0.462 e. The molecular weight excluding hydrogens is 464 g/mol. The molecule has 182 valence electrons. The maximum atomic E-state index is 13.3. The predicted octanol–water partition coefficient (Wildman–Crippen LogP) is 4.58. The van der Waals surface area contributed by atoms with E-state index in [2.05, 4.69) is 5.32 Å². The van der Waals surface area contributed by atoms with Gasteiger partial charge in [0.15, 0.2) is 0 Å². The predicted molar refractivity (Wildman–Crippen MR) is 135 cm³/mol. The smallest absolute Gasteiger partial charge is 0.338 e. The fourth-order valence-electron chi connectivity index (χ4n) is 4.09. The van der Waals surface area contributed by atoms with Gasteiger partial charge in [-0.15, -0.1) is 0 Å². The fourth-order valence-corrected chi connectivity index (χ4v) is 5.63. The topological polar surface area (TPSA) is 92.8 Å². The van der Waals surface area contributed by atoms with Gasteiger partial charge in [-0.1, -0.05) is 30.3 Å². The number of carbonyl (C=O) groups excluding carboxylic acids is 2. The van der Waals surface area contributed by atoms with E-state index in [0.717, 1.165) is 29.7 Å². The lowest BCUT2D eigenvalue weighted by atomic mass is 10.0. The highest BCUT2D eigenvalue weighted by atomic mass is 32.2. The monoisotopic (exact) mass is 492 g/mol. The van der Waals surface area contributed by atoms with Crippen LogP contribution in [0.15, 0.2) is 77.7 Å². The second-order valence-corrected chi connectivity index (χ2v) is 10.2. The van der Waals surface area contributed by atoms with Crippen molar-refractivity contribution in [2.45, 2.75) is 37.5 Å². The van der Waals surface area contributed by atoms with Crippen molar-refractivity contribution in [1.82, 2.24) is 0 Å². The number of nitrogens with zero attached hydrogens (tertiary/aromatic N) is 1. The van der Waals surface area contributed by atoms with Crippen LogP contribution in [-0.4, -0.2) is 33.4 Å². The SMILES string of the molecule is CCOC(=O)c1ccc(NC(=O)CCc2ccc(S(=O)(=O)N3CCCc4ccccc43)cc2)cc1. The van der Waals surface area contributed by atoms with Gasteiger partial charge < -0.3 is 10.1 Å². The van der Waals surface area contributed by atoms with Gasteiger partial charge >= 0.3 is 5.97 Å². The van der Waals surface area contributed by atoms with E-state index in [0.29, 0.717) is 30.8 Å². The second kappa shape index (κ2) is 10.7. The molecule has 35 heavy (non-hydrogen) atoms. The van der Waals surface area contributed by atoms with Crippen LogP contribution in [0.3, 0.4) is 0 Å². The van der Waals surface area contributed by atoms with Crippen LogP contribution in [0.4, 0.5) is 11.4 Å². The first-order valence-corrected chi connectivity index (χ1v) is 13.1. The number of benzene rings is 3. The van der Waals surface area contributed by atoms with Crippen LogP contribution in [0, 0.1) is 0 Å². The molecule has 0 saturated carbocycles. The number of para-hydroxylation sites is 1. The number of nitrogens with one attached hydrogen (secondary N) is 1. The fraction of sp³-hybridized carbons (Fsp3) is 0.259. The number of aryl methyl sites for hydroxylation is 2. The zero-order chi connectivity index (χ0) is 24.8. The molecule has 0 unspecified atom stereocenters. The largest absolute Gasteiger partial charge is 0.462 e. The van der Waals surface area contributed by atoms with E-state index in [1.165, 1.54) is 4.31 Å². The van der Waals surface area contributed by atoms with Gasteiger partial charge in [0.25, 0.3) is 10.0 Å². The number of anilines is 2. The van der Waals surface area contributed by atoms with Crippen LogP contribution in [-0.2, 0) is 32.4 Å². The molecule has 0 aromatic heterocycles. The van der Waals surface area contributed by atoms with Crippen molar-refractivity contribution in [3.8, 4) is 0 Å². The van der Waals surface area contributed by atoms with E-state index in [9.17, 15) is 18.0 Å². The summed E-state index contributed by atoms with van der Waals surface area (Å²) in [4.78, 5) is 24.3. The molecule has 8 heteroatoms. The van der Waals surface area contributed by atoms with Crippen LogP contribution in [0.2, 0.25) is 0 Å². The van der Waals surface area contributed by atoms with Crippen molar-refractivity contribution in [3.05, 3.63) is 89.5 Å². The van der Waals surface area contributed by atoms with Gasteiger partial charge in [0.2, 0.25) is 5.91 Å². The van der Waals surface area contributed by atoms with Gasteiger partial charge in [-0.25, -0.2) is 13.2 Å². The van der Waals surface area contributed by atoms with Crippen LogP contribution in [0.1, 0.15) is 41.3 Å². The number of esters is 1. The maximum Gasteiger partial charge on any atom is 0.338 e. The standard InChI is InChI=1S/C27H28N2O5S/c1-2-34-27(31)22-12-14-23(15-13-22)28-26(30)18-11-20-9-16-24(17-10-20)35(32,33)29-19-5-7-21-6-3-4-8-25(21)29/h3-4,6,8-10,12-17H,2,5,7,11,18-19H2,1H3,(H,28,30). The summed E-state index contributed by atoms with van der Waals surface area (Å²) < 4.78 is 33.0. The third kappa shape index (κ3) is 5.71. The summed E-state index contributed by atoms with van der Waals surface area (Å²) in [5, 5.41) is 2.80. The van der Waals surface area contributed by atoms with Gasteiger partial charge in [-0.05, 0) is 79.8 Å². The minimum atomic E-state index is -3.66. The molecule has 0 bridgehead atoms. The summed E-state index contributed by atoms with van der Waals surface area (Å²) >= 11 is 0. The molecule has 1 aliphatic heterocycles. The van der Waals surface area contributed by atoms with Crippen molar-refractivity contribution >= 4 is 33.3 Å². The van der Waals surface area contributed by atoms with E-state index >= 15 is 0 Å². The van der Waals surface area contributed by atoms with E-state index in [4.69, 9.17) is 4.74 Å².